The lowest BCUT2D eigenvalue weighted by atomic mass is 10.2. The monoisotopic (exact) mass is 412 g/mol. The molecule has 0 aliphatic carbocycles. The third-order valence-electron chi connectivity index (χ3n) is 3.85. The summed E-state index contributed by atoms with van der Waals surface area (Å²) < 4.78 is 19.3. The van der Waals surface area contributed by atoms with Gasteiger partial charge in [0.1, 0.15) is 11.6 Å². The molecule has 0 radical (unpaired) electrons. The number of halogens is 3. The molecule has 0 aromatic heterocycles. The van der Waals surface area contributed by atoms with E-state index in [1.807, 2.05) is 13.8 Å². The van der Waals surface area contributed by atoms with Gasteiger partial charge in [0.05, 0.1) is 15.6 Å². The third-order valence-corrected chi connectivity index (χ3v) is 4.46. The van der Waals surface area contributed by atoms with Crippen LogP contribution < -0.4 is 10.1 Å². The predicted octanol–water partition coefficient (Wildman–Crippen LogP) is 4.63. The van der Waals surface area contributed by atoms with Crippen molar-refractivity contribution in [1.82, 2.24) is 4.90 Å². The molecule has 27 heavy (non-hydrogen) atoms. The van der Waals surface area contributed by atoms with Crippen molar-refractivity contribution in [2.75, 3.05) is 25.0 Å². The zero-order valence-corrected chi connectivity index (χ0v) is 16.4. The molecule has 8 heteroatoms. The minimum absolute atomic E-state index is 0.00784. The maximum atomic E-state index is 13.8. The second kappa shape index (κ2) is 9.58. The fourth-order valence-electron chi connectivity index (χ4n) is 2.41. The first kappa shape index (κ1) is 21.0. The van der Waals surface area contributed by atoms with Crippen LogP contribution in [0.2, 0.25) is 10.0 Å². The average Bonchev–Trinajstić information content (AvgIpc) is 2.62. The van der Waals surface area contributed by atoms with Crippen molar-refractivity contribution in [2.45, 2.75) is 13.8 Å². The van der Waals surface area contributed by atoms with Crippen molar-refractivity contribution < 1.29 is 18.7 Å². The highest BCUT2D eigenvalue weighted by Gasteiger charge is 2.17. The lowest BCUT2D eigenvalue weighted by Gasteiger charge is -2.19. The van der Waals surface area contributed by atoms with Crippen LogP contribution in [0.4, 0.5) is 10.1 Å². The van der Waals surface area contributed by atoms with Crippen molar-refractivity contribution in [3.8, 4) is 5.75 Å². The number of carbonyl (C=O) groups is 2. The molecular weight excluding hydrogens is 394 g/mol. The van der Waals surface area contributed by atoms with Crippen LogP contribution in [-0.2, 0) is 4.79 Å². The number of benzene rings is 2. The molecule has 0 aliphatic heterocycles. The van der Waals surface area contributed by atoms with Crippen LogP contribution in [0.15, 0.2) is 36.4 Å². The maximum Gasteiger partial charge on any atom is 0.260 e. The Balaban J connectivity index is 2.06. The van der Waals surface area contributed by atoms with E-state index < -0.39 is 11.7 Å². The quantitative estimate of drug-likeness (QED) is 0.720. The number of anilines is 1. The highest BCUT2D eigenvalue weighted by atomic mass is 35.5. The van der Waals surface area contributed by atoms with Gasteiger partial charge < -0.3 is 15.0 Å². The van der Waals surface area contributed by atoms with E-state index in [0.717, 1.165) is 6.07 Å². The Kier molecular flexibility index (Phi) is 7.45. The second-order valence-electron chi connectivity index (χ2n) is 5.55. The molecule has 0 bridgehead atoms. The summed E-state index contributed by atoms with van der Waals surface area (Å²) in [6.07, 6.45) is 0. The molecule has 0 saturated heterocycles. The summed E-state index contributed by atoms with van der Waals surface area (Å²) in [4.78, 5) is 25.9. The van der Waals surface area contributed by atoms with E-state index in [-0.39, 0.29) is 28.1 Å². The lowest BCUT2D eigenvalue weighted by molar-refractivity contribution is -0.132. The summed E-state index contributed by atoms with van der Waals surface area (Å²) >= 11 is 12.0. The number of rotatable bonds is 7. The molecule has 0 spiro atoms. The topological polar surface area (TPSA) is 58.6 Å². The van der Waals surface area contributed by atoms with Gasteiger partial charge in [-0.2, -0.15) is 0 Å². The summed E-state index contributed by atoms with van der Waals surface area (Å²) in [5.74, 6) is -1.26. The van der Waals surface area contributed by atoms with Gasteiger partial charge in [0, 0.05) is 18.8 Å². The predicted molar refractivity (Wildman–Crippen MR) is 104 cm³/mol. The first-order chi connectivity index (χ1) is 12.9. The van der Waals surface area contributed by atoms with E-state index in [4.69, 9.17) is 27.9 Å². The first-order valence-corrected chi connectivity index (χ1v) is 9.08. The molecule has 0 aliphatic rings. The fourth-order valence-corrected chi connectivity index (χ4v) is 2.89. The van der Waals surface area contributed by atoms with Gasteiger partial charge in [-0.25, -0.2) is 4.39 Å². The summed E-state index contributed by atoms with van der Waals surface area (Å²) in [7, 11) is 0. The van der Waals surface area contributed by atoms with E-state index in [1.54, 1.807) is 4.90 Å². The zero-order chi connectivity index (χ0) is 20.0. The highest BCUT2D eigenvalue weighted by Crippen LogP contribution is 2.28. The van der Waals surface area contributed by atoms with Crippen molar-refractivity contribution in [2.24, 2.45) is 0 Å². The molecule has 2 amide bonds. The first-order valence-electron chi connectivity index (χ1n) is 8.32. The van der Waals surface area contributed by atoms with Crippen LogP contribution in [0, 0.1) is 5.82 Å². The highest BCUT2D eigenvalue weighted by molar-refractivity contribution is 6.34. The largest absolute Gasteiger partial charge is 0.482 e. The second-order valence-corrected chi connectivity index (χ2v) is 6.37. The summed E-state index contributed by atoms with van der Waals surface area (Å²) in [5, 5.41) is 2.75. The number of amides is 2. The Morgan fingerprint density at radius 1 is 1.11 bits per heavy atom. The van der Waals surface area contributed by atoms with Gasteiger partial charge in [0.25, 0.3) is 11.8 Å². The van der Waals surface area contributed by atoms with Crippen LogP contribution in [-0.4, -0.2) is 36.4 Å². The van der Waals surface area contributed by atoms with Crippen molar-refractivity contribution in [3.63, 3.8) is 0 Å². The standard InChI is InChI=1S/C19H19Cl2FN2O3/c1-3-24(4-2)17(25)11-27-16-9-8-12(10-14(16)21)23-19(26)18-13(20)6-5-7-15(18)22/h5-10H,3-4,11H2,1-2H3,(H,23,26). The molecule has 1 N–H and O–H groups in total. The van der Waals surface area contributed by atoms with Crippen LogP contribution in [0.25, 0.3) is 0 Å². The van der Waals surface area contributed by atoms with E-state index in [2.05, 4.69) is 5.32 Å². The Hall–Kier alpha value is -2.31. The smallest absolute Gasteiger partial charge is 0.260 e. The number of nitrogens with one attached hydrogen (secondary N) is 1. The molecule has 0 saturated carbocycles. The van der Waals surface area contributed by atoms with E-state index in [9.17, 15) is 14.0 Å². The Morgan fingerprint density at radius 2 is 1.81 bits per heavy atom. The van der Waals surface area contributed by atoms with Gasteiger partial charge >= 0.3 is 0 Å². The number of likely N-dealkylation sites (N-methyl/N-ethyl adjacent to an activating group) is 1. The number of ether oxygens (including phenoxy) is 1. The van der Waals surface area contributed by atoms with E-state index in [0.29, 0.717) is 24.5 Å². The van der Waals surface area contributed by atoms with Gasteiger partial charge in [-0.1, -0.05) is 29.3 Å². The lowest BCUT2D eigenvalue weighted by Crippen LogP contribution is -2.34. The minimum Gasteiger partial charge on any atom is -0.482 e. The normalized spacial score (nSPS) is 10.4. The van der Waals surface area contributed by atoms with Crippen molar-refractivity contribution in [3.05, 3.63) is 57.8 Å². The summed E-state index contributed by atoms with van der Waals surface area (Å²) in [5.41, 5.74) is 0.0900. The molecule has 2 aromatic carbocycles. The maximum absolute atomic E-state index is 13.8. The number of nitrogens with zero attached hydrogens (tertiary/aromatic N) is 1. The summed E-state index contributed by atoms with van der Waals surface area (Å²) in [6.45, 7) is 4.81. The number of hydrogen-bond acceptors (Lipinski definition) is 3. The van der Waals surface area contributed by atoms with Crippen LogP contribution in [0.3, 0.4) is 0 Å². The molecular formula is C19H19Cl2FN2O3. The molecule has 0 unspecified atom stereocenters. The molecule has 5 nitrogen and oxygen atoms in total. The Morgan fingerprint density at radius 3 is 2.41 bits per heavy atom. The molecule has 0 heterocycles. The minimum atomic E-state index is -0.721. The molecule has 144 valence electrons. The fraction of sp³-hybridized carbons (Fsp3) is 0.263. The van der Waals surface area contributed by atoms with Crippen molar-refractivity contribution >= 4 is 40.7 Å². The third kappa shape index (κ3) is 5.34. The molecule has 0 atom stereocenters. The zero-order valence-electron chi connectivity index (χ0n) is 14.9. The molecule has 0 fully saturated rings. The average molecular weight is 413 g/mol. The van der Waals surface area contributed by atoms with Gasteiger partial charge in [0.2, 0.25) is 0 Å². The van der Waals surface area contributed by atoms with Crippen LogP contribution in [0.5, 0.6) is 5.75 Å². The number of hydrogen-bond donors (Lipinski definition) is 1. The Bertz CT molecular complexity index is 821. The van der Waals surface area contributed by atoms with Crippen molar-refractivity contribution in [1.29, 1.82) is 0 Å². The van der Waals surface area contributed by atoms with Gasteiger partial charge in [-0.15, -0.1) is 0 Å². The summed E-state index contributed by atoms with van der Waals surface area (Å²) in [6, 6.07) is 8.50. The SMILES string of the molecule is CCN(CC)C(=O)COc1ccc(NC(=O)c2c(F)cccc2Cl)cc1Cl. The van der Waals surface area contributed by atoms with E-state index >= 15 is 0 Å². The van der Waals surface area contributed by atoms with Gasteiger partial charge in [0.15, 0.2) is 6.61 Å². The molecule has 2 rings (SSSR count). The van der Waals surface area contributed by atoms with Gasteiger partial charge in [-0.05, 0) is 44.2 Å². The Labute approximate surface area is 167 Å². The molecule has 2 aromatic rings. The van der Waals surface area contributed by atoms with Gasteiger partial charge in [-0.3, -0.25) is 9.59 Å². The van der Waals surface area contributed by atoms with Crippen LogP contribution >= 0.6 is 23.2 Å². The van der Waals surface area contributed by atoms with E-state index in [1.165, 1.54) is 30.3 Å². The van der Waals surface area contributed by atoms with Crippen LogP contribution in [0.1, 0.15) is 24.2 Å². The number of carbonyl (C=O) groups excluding carboxylic acids is 2.